The van der Waals surface area contributed by atoms with Gasteiger partial charge in [0.25, 0.3) is 0 Å². The van der Waals surface area contributed by atoms with Crippen LogP contribution in [0.2, 0.25) is 0 Å². The summed E-state index contributed by atoms with van der Waals surface area (Å²) in [5, 5.41) is 2.88. The molecule has 0 heterocycles. The van der Waals surface area contributed by atoms with Crippen LogP contribution in [0.4, 0.5) is 25.8 Å². The van der Waals surface area contributed by atoms with Gasteiger partial charge >= 0.3 is 0 Å². The lowest BCUT2D eigenvalue weighted by Crippen LogP contribution is -2.01. The fourth-order valence-corrected chi connectivity index (χ4v) is 1.94. The highest BCUT2D eigenvalue weighted by atomic mass is 79.9. The predicted octanol–water partition coefficient (Wildman–Crippen LogP) is 4.36. The smallest absolute Gasteiger partial charge is 0.146 e. The van der Waals surface area contributed by atoms with E-state index < -0.39 is 5.82 Å². The molecule has 2 nitrogen and oxygen atoms in total. The van der Waals surface area contributed by atoms with Crippen LogP contribution in [0.25, 0.3) is 0 Å². The first-order chi connectivity index (χ1) is 8.49. The average Bonchev–Trinajstić information content (AvgIpc) is 2.30. The summed E-state index contributed by atoms with van der Waals surface area (Å²) < 4.78 is 27.2. The maximum atomic E-state index is 13.7. The normalized spacial score (nSPS) is 10.4. The van der Waals surface area contributed by atoms with Crippen molar-refractivity contribution in [3.8, 4) is 0 Å². The lowest BCUT2D eigenvalue weighted by atomic mass is 10.1. The zero-order chi connectivity index (χ0) is 13.3. The summed E-state index contributed by atoms with van der Waals surface area (Å²) in [6, 6.07) is 7.42. The van der Waals surface area contributed by atoms with Gasteiger partial charge < -0.3 is 11.1 Å². The quantitative estimate of drug-likeness (QED) is 0.808. The molecule has 0 bridgehead atoms. The van der Waals surface area contributed by atoms with Crippen molar-refractivity contribution in [3.63, 3.8) is 0 Å². The van der Waals surface area contributed by atoms with Crippen molar-refractivity contribution in [1.29, 1.82) is 0 Å². The number of halogens is 3. The highest BCUT2D eigenvalue weighted by Crippen LogP contribution is 2.31. The van der Waals surface area contributed by atoms with Gasteiger partial charge in [0.1, 0.15) is 11.6 Å². The number of rotatable bonds is 2. The van der Waals surface area contributed by atoms with E-state index in [0.29, 0.717) is 11.4 Å². The minimum absolute atomic E-state index is 0.221. The van der Waals surface area contributed by atoms with E-state index in [1.807, 2.05) is 0 Å². The number of nitrogens with one attached hydrogen (secondary N) is 1. The van der Waals surface area contributed by atoms with Gasteiger partial charge in [0.2, 0.25) is 0 Å². The van der Waals surface area contributed by atoms with E-state index >= 15 is 0 Å². The Balaban J connectivity index is 2.43. The third-order valence-corrected chi connectivity index (χ3v) is 3.18. The van der Waals surface area contributed by atoms with Crippen molar-refractivity contribution in [2.24, 2.45) is 0 Å². The molecule has 0 aliphatic heterocycles. The zero-order valence-electron chi connectivity index (χ0n) is 9.60. The van der Waals surface area contributed by atoms with Crippen LogP contribution < -0.4 is 11.1 Å². The maximum Gasteiger partial charge on any atom is 0.146 e. The molecule has 2 aromatic carbocycles. The summed E-state index contributed by atoms with van der Waals surface area (Å²) in [6.45, 7) is 1.78. The van der Waals surface area contributed by atoms with Crippen LogP contribution in [0.15, 0.2) is 34.8 Å². The first-order valence-corrected chi connectivity index (χ1v) is 6.05. The van der Waals surface area contributed by atoms with Crippen molar-refractivity contribution < 1.29 is 8.78 Å². The molecule has 18 heavy (non-hydrogen) atoms. The number of hydrogen-bond acceptors (Lipinski definition) is 2. The molecular weight excluding hydrogens is 302 g/mol. The molecular formula is C13H11BrF2N2. The third kappa shape index (κ3) is 2.46. The van der Waals surface area contributed by atoms with E-state index in [1.165, 1.54) is 18.2 Å². The molecule has 94 valence electrons. The van der Waals surface area contributed by atoms with Crippen molar-refractivity contribution >= 4 is 33.0 Å². The largest absolute Gasteiger partial charge is 0.397 e. The van der Waals surface area contributed by atoms with E-state index in [0.717, 1.165) is 5.56 Å². The Bertz CT molecular complexity index is 580. The Morgan fingerprint density at radius 1 is 1.17 bits per heavy atom. The number of hydrogen-bond donors (Lipinski definition) is 2. The van der Waals surface area contributed by atoms with Crippen LogP contribution in [0.1, 0.15) is 5.56 Å². The molecule has 0 fully saturated rings. The second-order valence-corrected chi connectivity index (χ2v) is 4.76. The molecule has 0 saturated heterocycles. The molecule has 0 unspecified atom stereocenters. The van der Waals surface area contributed by atoms with Crippen LogP contribution >= 0.6 is 15.9 Å². The standard InChI is InChI=1S/C13H11BrF2N2/c1-7-3-2-4-9(15)13(7)18-12-5-8(14)10(16)6-11(12)17/h2-6,18H,17H2,1H3. The third-order valence-electron chi connectivity index (χ3n) is 2.57. The van der Waals surface area contributed by atoms with Gasteiger partial charge in [-0.3, -0.25) is 0 Å². The Hall–Kier alpha value is -1.62. The molecule has 0 aliphatic rings. The number of nitrogens with two attached hydrogens (primary N) is 1. The van der Waals surface area contributed by atoms with Crippen LogP contribution in [-0.2, 0) is 0 Å². The fourth-order valence-electron chi connectivity index (χ4n) is 1.60. The molecule has 0 radical (unpaired) electrons. The van der Waals surface area contributed by atoms with Gasteiger partial charge in [0.05, 0.1) is 21.5 Å². The number of para-hydroxylation sites is 1. The number of benzene rings is 2. The summed E-state index contributed by atoms with van der Waals surface area (Å²) in [6.07, 6.45) is 0. The molecule has 0 amide bonds. The molecule has 0 saturated carbocycles. The second-order valence-electron chi connectivity index (χ2n) is 3.91. The second kappa shape index (κ2) is 4.94. The van der Waals surface area contributed by atoms with E-state index in [9.17, 15) is 8.78 Å². The van der Waals surface area contributed by atoms with E-state index in [1.54, 1.807) is 19.1 Å². The molecule has 0 atom stereocenters. The Morgan fingerprint density at radius 2 is 1.89 bits per heavy atom. The highest BCUT2D eigenvalue weighted by Gasteiger charge is 2.10. The van der Waals surface area contributed by atoms with Crippen molar-refractivity contribution in [2.75, 3.05) is 11.1 Å². The molecule has 3 N–H and O–H groups in total. The van der Waals surface area contributed by atoms with Gasteiger partial charge in [-0.25, -0.2) is 8.78 Å². The summed E-state index contributed by atoms with van der Waals surface area (Å²) >= 11 is 3.07. The van der Waals surface area contributed by atoms with Gasteiger partial charge in [0, 0.05) is 6.07 Å². The van der Waals surface area contributed by atoms with Crippen LogP contribution in [0.3, 0.4) is 0 Å². The van der Waals surface area contributed by atoms with E-state index in [4.69, 9.17) is 5.73 Å². The highest BCUT2D eigenvalue weighted by molar-refractivity contribution is 9.10. The van der Waals surface area contributed by atoms with Crippen molar-refractivity contribution in [2.45, 2.75) is 6.92 Å². The average molecular weight is 313 g/mol. The van der Waals surface area contributed by atoms with Crippen LogP contribution in [0.5, 0.6) is 0 Å². The molecule has 0 spiro atoms. The van der Waals surface area contributed by atoms with E-state index in [2.05, 4.69) is 21.2 Å². The first kappa shape index (κ1) is 12.8. The monoisotopic (exact) mass is 312 g/mol. The molecule has 5 heteroatoms. The minimum atomic E-state index is -0.455. The summed E-state index contributed by atoms with van der Waals surface area (Å²) in [4.78, 5) is 0. The minimum Gasteiger partial charge on any atom is -0.397 e. The SMILES string of the molecule is Cc1cccc(F)c1Nc1cc(Br)c(F)cc1N. The summed E-state index contributed by atoms with van der Waals surface area (Å²) in [7, 11) is 0. The number of aryl methyl sites for hydroxylation is 1. The summed E-state index contributed by atoms with van der Waals surface area (Å²) in [5.74, 6) is -0.835. The number of nitrogen functional groups attached to an aromatic ring is 1. The first-order valence-electron chi connectivity index (χ1n) is 5.25. The van der Waals surface area contributed by atoms with Gasteiger partial charge in [0.15, 0.2) is 0 Å². The summed E-state index contributed by atoms with van der Waals surface area (Å²) in [5.41, 5.74) is 7.45. The molecule has 0 aliphatic carbocycles. The topological polar surface area (TPSA) is 38.0 Å². The van der Waals surface area contributed by atoms with Gasteiger partial charge in [-0.2, -0.15) is 0 Å². The maximum absolute atomic E-state index is 13.7. The van der Waals surface area contributed by atoms with Crippen LogP contribution in [-0.4, -0.2) is 0 Å². The molecule has 2 aromatic rings. The number of anilines is 3. The van der Waals surface area contributed by atoms with Gasteiger partial charge in [-0.05, 0) is 40.5 Å². The Morgan fingerprint density at radius 3 is 2.56 bits per heavy atom. The Kier molecular flexibility index (Phi) is 3.52. The van der Waals surface area contributed by atoms with Gasteiger partial charge in [-0.15, -0.1) is 0 Å². The van der Waals surface area contributed by atoms with Crippen molar-refractivity contribution in [1.82, 2.24) is 0 Å². The molecule has 0 aromatic heterocycles. The lowest BCUT2D eigenvalue weighted by molar-refractivity contribution is 0.622. The van der Waals surface area contributed by atoms with Crippen molar-refractivity contribution in [3.05, 3.63) is 52.0 Å². The lowest BCUT2D eigenvalue weighted by Gasteiger charge is -2.13. The Labute approximate surface area is 112 Å². The predicted molar refractivity (Wildman–Crippen MR) is 72.9 cm³/mol. The van der Waals surface area contributed by atoms with Crippen LogP contribution in [0, 0.1) is 18.6 Å². The fraction of sp³-hybridized carbons (Fsp3) is 0.0769. The van der Waals surface area contributed by atoms with E-state index in [-0.39, 0.29) is 16.0 Å². The van der Waals surface area contributed by atoms with Gasteiger partial charge in [-0.1, -0.05) is 12.1 Å². The zero-order valence-corrected chi connectivity index (χ0v) is 11.2. The molecule has 2 rings (SSSR count).